The average Bonchev–Trinajstić information content (AvgIpc) is 3.53. The molecule has 2 aromatic rings. The number of hydrogen-bond donors (Lipinski definition) is 1. The summed E-state index contributed by atoms with van der Waals surface area (Å²) in [4.78, 5) is 11.9. The molecule has 38 heavy (non-hydrogen) atoms. The largest absolute Gasteiger partial charge is 0.444 e. The van der Waals surface area contributed by atoms with E-state index in [1.54, 1.807) is 25.5 Å². The van der Waals surface area contributed by atoms with Crippen molar-refractivity contribution < 1.29 is 35.9 Å². The molecule has 2 aliphatic rings. The van der Waals surface area contributed by atoms with Crippen LogP contribution >= 0.6 is 11.8 Å². The van der Waals surface area contributed by atoms with E-state index in [0.29, 0.717) is 42.9 Å². The minimum absolute atomic E-state index is 0.00871. The van der Waals surface area contributed by atoms with Crippen molar-refractivity contribution in [1.29, 1.82) is 0 Å². The Bertz CT molecular complexity index is 1300. The number of benzene rings is 1. The Hall–Kier alpha value is -2.29. The van der Waals surface area contributed by atoms with E-state index in [4.69, 9.17) is 14.6 Å². The van der Waals surface area contributed by atoms with Gasteiger partial charge >= 0.3 is 12.3 Å². The molecule has 1 amide bonds. The van der Waals surface area contributed by atoms with Crippen LogP contribution in [-0.2, 0) is 45.2 Å². The van der Waals surface area contributed by atoms with Gasteiger partial charge < -0.3 is 14.8 Å². The normalized spacial score (nSPS) is 18.2. The molecule has 9 nitrogen and oxygen atoms in total. The Labute approximate surface area is 224 Å². The number of rotatable bonds is 8. The number of thioether (sulfide) groups is 1. The van der Waals surface area contributed by atoms with Crippen molar-refractivity contribution in [2.45, 2.75) is 63.1 Å². The zero-order valence-corrected chi connectivity index (χ0v) is 23.2. The number of alkyl carbamates (subject to hydrolysis) is 1. The van der Waals surface area contributed by atoms with Crippen LogP contribution in [0.4, 0.5) is 18.0 Å². The first-order chi connectivity index (χ1) is 17.6. The van der Waals surface area contributed by atoms with Crippen molar-refractivity contribution >= 4 is 27.9 Å². The molecule has 1 atom stereocenters. The summed E-state index contributed by atoms with van der Waals surface area (Å²) >= 11 is 0.961. The molecular formula is C24H31F3N4O5S2. The van der Waals surface area contributed by atoms with Crippen LogP contribution in [0.15, 0.2) is 23.1 Å². The number of halogens is 3. The lowest BCUT2D eigenvalue weighted by Gasteiger charge is -2.25. The van der Waals surface area contributed by atoms with Crippen LogP contribution < -0.4 is 5.32 Å². The number of nitrogens with zero attached hydrogens (tertiary/aromatic N) is 3. The summed E-state index contributed by atoms with van der Waals surface area (Å²) in [6.07, 6.45) is -3.61. The topological polar surface area (TPSA) is 106 Å². The van der Waals surface area contributed by atoms with Crippen LogP contribution in [0, 0.1) is 0 Å². The van der Waals surface area contributed by atoms with E-state index in [1.165, 1.54) is 16.4 Å². The molecule has 14 heteroatoms. The molecule has 0 radical (unpaired) electrons. The summed E-state index contributed by atoms with van der Waals surface area (Å²) in [7, 11) is -3.46. The number of carbonyl (C=O) groups is 1. The van der Waals surface area contributed by atoms with E-state index in [-0.39, 0.29) is 29.8 Å². The van der Waals surface area contributed by atoms with Gasteiger partial charge in [-0.2, -0.15) is 22.6 Å². The second-order valence-corrected chi connectivity index (χ2v) is 13.4. The van der Waals surface area contributed by atoms with Gasteiger partial charge in [0.25, 0.3) is 0 Å². The van der Waals surface area contributed by atoms with Gasteiger partial charge in [0.05, 0.1) is 30.7 Å². The number of sulfonamides is 1. The Morgan fingerprint density at radius 2 is 2.00 bits per heavy atom. The third kappa shape index (κ3) is 7.21. The first-order valence-electron chi connectivity index (χ1n) is 12.1. The fraction of sp³-hybridized carbons (Fsp3) is 0.583. The highest BCUT2D eigenvalue weighted by molar-refractivity contribution is 7.99. The third-order valence-corrected chi connectivity index (χ3v) is 8.24. The third-order valence-electron chi connectivity index (χ3n) is 5.94. The number of hydrogen-bond acceptors (Lipinski definition) is 7. The van der Waals surface area contributed by atoms with E-state index in [1.807, 2.05) is 0 Å². The molecule has 1 N–H and O–H groups in total. The van der Waals surface area contributed by atoms with E-state index < -0.39 is 33.5 Å². The lowest BCUT2D eigenvalue weighted by Crippen LogP contribution is -2.35. The van der Waals surface area contributed by atoms with Gasteiger partial charge in [0.1, 0.15) is 11.7 Å². The van der Waals surface area contributed by atoms with Crippen LogP contribution in [0.2, 0.25) is 0 Å². The quantitative estimate of drug-likeness (QED) is 0.289. The Morgan fingerprint density at radius 1 is 1.29 bits per heavy atom. The smallest absolute Gasteiger partial charge is 0.417 e. The maximum atomic E-state index is 13.8. The predicted octanol–water partition coefficient (Wildman–Crippen LogP) is 3.90. The highest BCUT2D eigenvalue weighted by Crippen LogP contribution is 2.40. The van der Waals surface area contributed by atoms with E-state index in [2.05, 4.69) is 5.32 Å². The van der Waals surface area contributed by atoms with Crippen molar-refractivity contribution in [2.75, 3.05) is 31.7 Å². The second-order valence-electron chi connectivity index (χ2n) is 10.2. The van der Waals surface area contributed by atoms with E-state index in [0.717, 1.165) is 29.8 Å². The number of carbonyl (C=O) groups excluding carboxylic acids is 1. The van der Waals surface area contributed by atoms with E-state index >= 15 is 0 Å². The van der Waals surface area contributed by atoms with Crippen molar-refractivity contribution in [3.8, 4) is 11.3 Å². The lowest BCUT2D eigenvalue weighted by molar-refractivity contribution is -0.139. The van der Waals surface area contributed by atoms with Crippen molar-refractivity contribution in [1.82, 2.24) is 19.4 Å². The van der Waals surface area contributed by atoms with Gasteiger partial charge in [0, 0.05) is 53.5 Å². The molecule has 0 saturated carbocycles. The highest BCUT2D eigenvalue weighted by Gasteiger charge is 2.35. The van der Waals surface area contributed by atoms with Crippen LogP contribution in [0.25, 0.3) is 11.3 Å². The van der Waals surface area contributed by atoms with Crippen LogP contribution in [0.3, 0.4) is 0 Å². The highest BCUT2D eigenvalue weighted by atomic mass is 32.2. The van der Waals surface area contributed by atoms with Gasteiger partial charge in [-0.3, -0.25) is 4.68 Å². The van der Waals surface area contributed by atoms with Gasteiger partial charge in [0.15, 0.2) is 0 Å². The van der Waals surface area contributed by atoms with Gasteiger partial charge in [-0.05, 0) is 32.9 Å². The molecule has 3 heterocycles. The first-order valence-corrected chi connectivity index (χ1v) is 14.9. The zero-order valence-electron chi connectivity index (χ0n) is 21.6. The van der Waals surface area contributed by atoms with Gasteiger partial charge in [-0.25, -0.2) is 13.2 Å². The molecule has 1 unspecified atom stereocenters. The summed E-state index contributed by atoms with van der Waals surface area (Å²) in [6, 6.07) is 3.82. The summed E-state index contributed by atoms with van der Waals surface area (Å²) in [6.45, 7) is 6.77. The number of epoxide rings is 1. The number of nitrogens with one attached hydrogen (secondary N) is 1. The van der Waals surface area contributed by atoms with Crippen molar-refractivity contribution in [3.05, 3.63) is 35.0 Å². The minimum atomic E-state index is -4.57. The fourth-order valence-corrected chi connectivity index (χ4v) is 5.91. The van der Waals surface area contributed by atoms with Crippen LogP contribution in [0.5, 0.6) is 0 Å². The number of alkyl halides is 3. The number of fused-ring (bicyclic) bond motifs is 1. The van der Waals surface area contributed by atoms with Crippen LogP contribution in [0.1, 0.15) is 37.6 Å². The molecule has 210 valence electrons. The molecule has 4 rings (SSSR count). The molecule has 2 aliphatic heterocycles. The molecule has 0 aliphatic carbocycles. The zero-order chi connectivity index (χ0) is 27.9. The second kappa shape index (κ2) is 10.7. The molecular weight excluding hydrogens is 545 g/mol. The van der Waals surface area contributed by atoms with Crippen molar-refractivity contribution in [2.24, 2.45) is 0 Å². The fourth-order valence-electron chi connectivity index (χ4n) is 4.15. The average molecular weight is 577 g/mol. The molecule has 0 bridgehead atoms. The first kappa shape index (κ1) is 28.7. The summed E-state index contributed by atoms with van der Waals surface area (Å²) in [5.41, 5.74) is 0.992. The predicted molar refractivity (Wildman–Crippen MR) is 136 cm³/mol. The summed E-state index contributed by atoms with van der Waals surface area (Å²) in [5.74, 6) is 0.180. The summed E-state index contributed by atoms with van der Waals surface area (Å²) < 4.78 is 79.5. The SMILES string of the molecule is CC(C)(C)OC(=O)NCCSc1cc(-c2nn(CC3CO3)c3c2CN(S(C)(=O)=O)CC3)ccc1C(F)(F)F. The van der Waals surface area contributed by atoms with Gasteiger partial charge in [0.2, 0.25) is 10.0 Å². The molecule has 1 aromatic carbocycles. The van der Waals surface area contributed by atoms with Crippen LogP contribution in [-0.4, -0.2) is 72.0 Å². The minimum Gasteiger partial charge on any atom is -0.444 e. The van der Waals surface area contributed by atoms with Gasteiger partial charge in [-0.1, -0.05) is 6.07 Å². The van der Waals surface area contributed by atoms with Crippen molar-refractivity contribution in [3.63, 3.8) is 0 Å². The lowest BCUT2D eigenvalue weighted by atomic mass is 10.0. The Balaban J connectivity index is 1.61. The molecule has 0 spiro atoms. The van der Waals surface area contributed by atoms with E-state index in [9.17, 15) is 26.4 Å². The molecule has 1 aromatic heterocycles. The maximum absolute atomic E-state index is 13.8. The standard InChI is InChI=1S/C24H31F3N4O5S2/c1-23(2,3)36-22(32)28-8-10-37-20-11-15(5-6-18(20)24(25,26)27)21-17-13-30(38(4,33)34)9-7-19(17)31(29-21)12-16-14-35-16/h5-6,11,16H,7-10,12-14H2,1-4H3,(H,28,32). The molecule has 1 saturated heterocycles. The maximum Gasteiger partial charge on any atom is 0.417 e. The number of aromatic nitrogens is 2. The number of amides is 1. The summed E-state index contributed by atoms with van der Waals surface area (Å²) in [5, 5.41) is 7.24. The monoisotopic (exact) mass is 576 g/mol. The van der Waals surface area contributed by atoms with Gasteiger partial charge in [-0.15, -0.1) is 11.8 Å². The Morgan fingerprint density at radius 3 is 2.61 bits per heavy atom. The number of ether oxygens (including phenoxy) is 2. The Kier molecular flexibility index (Phi) is 8.09. The molecule has 1 fully saturated rings.